The van der Waals surface area contributed by atoms with Crippen LogP contribution in [0.1, 0.15) is 0 Å². The van der Waals surface area contributed by atoms with Gasteiger partial charge in [-0.05, 0) is 6.07 Å². The fourth-order valence-electron chi connectivity index (χ4n) is 1.08. The average Bonchev–Trinajstić information content (AvgIpc) is 2.24. The van der Waals surface area contributed by atoms with E-state index in [1.807, 2.05) is 0 Å². The summed E-state index contributed by atoms with van der Waals surface area (Å²) in [6.45, 7) is 0. The van der Waals surface area contributed by atoms with Crippen molar-refractivity contribution in [2.45, 2.75) is 9.79 Å². The second kappa shape index (κ2) is 4.83. The van der Waals surface area contributed by atoms with Crippen LogP contribution in [0, 0.1) is 0 Å². The van der Waals surface area contributed by atoms with Crippen LogP contribution in [0.4, 0.5) is 5.69 Å². The summed E-state index contributed by atoms with van der Waals surface area (Å²) in [5.41, 5.74) is 4.93. The topological polar surface area (TPSA) is 124 Å². The largest absolute Gasteiger partial charge is 0.396 e. The number of hydrogen-bond donors (Lipinski definition) is 2. The van der Waals surface area contributed by atoms with Crippen molar-refractivity contribution in [2.75, 3.05) is 12.8 Å². The lowest BCUT2D eigenvalue weighted by Crippen LogP contribution is -2.10. The predicted octanol–water partition coefficient (Wildman–Crippen LogP) is 1.16. The molecule has 1 rings (SSSR count). The van der Waals surface area contributed by atoms with Crippen LogP contribution in [-0.2, 0) is 24.4 Å². The van der Waals surface area contributed by atoms with Crippen molar-refractivity contribution in [1.82, 2.24) is 0 Å². The Labute approximate surface area is 113 Å². The molecule has 0 aromatic heterocycles. The molecule has 0 aliphatic heterocycles. The number of hydrogen-bond acceptors (Lipinski definition) is 6. The average molecular weight is 336 g/mol. The molecule has 1 aromatic carbocycles. The number of nitrogens with two attached hydrogens (primary N) is 1. The van der Waals surface area contributed by atoms with E-state index in [-0.39, 0.29) is 0 Å². The summed E-state index contributed by atoms with van der Waals surface area (Å²) >= 11 is 11.2. The normalized spacial score (nSPS) is 12.7. The number of nitrogen functional groups attached to an aromatic ring is 1. The highest BCUT2D eigenvalue weighted by Gasteiger charge is 2.27. The second-order valence-electron chi connectivity index (χ2n) is 3.01. The van der Waals surface area contributed by atoms with Crippen molar-refractivity contribution in [2.24, 2.45) is 0 Å². The highest BCUT2D eigenvalue weighted by atomic mass is 35.5. The molecular formula is C7H7Cl2NO6S2. The summed E-state index contributed by atoms with van der Waals surface area (Å²) in [6, 6.07) is 0.567. The van der Waals surface area contributed by atoms with Crippen LogP contribution in [0.2, 0.25) is 10.0 Å². The molecule has 0 aliphatic rings. The molecule has 0 fully saturated rings. The molecule has 0 saturated carbocycles. The van der Waals surface area contributed by atoms with Gasteiger partial charge in [0.05, 0.1) is 22.8 Å². The first kappa shape index (κ1) is 15.5. The van der Waals surface area contributed by atoms with E-state index in [0.29, 0.717) is 6.07 Å². The molecule has 18 heavy (non-hydrogen) atoms. The molecule has 102 valence electrons. The number of benzene rings is 1. The predicted molar refractivity (Wildman–Crippen MR) is 64.9 cm³/mol. The summed E-state index contributed by atoms with van der Waals surface area (Å²) in [5, 5.41) is -1.09. The minimum Gasteiger partial charge on any atom is -0.396 e. The van der Waals surface area contributed by atoms with E-state index < -0.39 is 45.8 Å². The third kappa shape index (κ3) is 2.71. The molecule has 0 spiro atoms. The van der Waals surface area contributed by atoms with Gasteiger partial charge in [-0.3, -0.25) is 8.74 Å². The van der Waals surface area contributed by atoms with Crippen LogP contribution in [0.3, 0.4) is 0 Å². The van der Waals surface area contributed by atoms with Crippen molar-refractivity contribution >= 4 is 49.1 Å². The van der Waals surface area contributed by atoms with Crippen molar-refractivity contribution in [3.63, 3.8) is 0 Å². The molecule has 0 heterocycles. The van der Waals surface area contributed by atoms with Crippen LogP contribution >= 0.6 is 23.2 Å². The minimum absolute atomic E-state index is 0.476. The maximum absolute atomic E-state index is 11.5. The molecule has 0 aliphatic carbocycles. The van der Waals surface area contributed by atoms with Gasteiger partial charge >= 0.3 is 0 Å². The van der Waals surface area contributed by atoms with E-state index in [9.17, 15) is 16.8 Å². The SMILES string of the molecule is COS(=O)(=O)c1cc(S(=O)(=O)O)c(Cl)c(Cl)c1N. The van der Waals surface area contributed by atoms with Crippen LogP contribution in [0.25, 0.3) is 0 Å². The molecule has 1 aromatic rings. The molecule has 0 atom stereocenters. The summed E-state index contributed by atoms with van der Waals surface area (Å²) in [4.78, 5) is -1.58. The fraction of sp³-hybridized carbons (Fsp3) is 0.143. The van der Waals surface area contributed by atoms with E-state index in [0.717, 1.165) is 7.11 Å². The zero-order valence-electron chi connectivity index (χ0n) is 8.72. The first-order chi connectivity index (χ1) is 8.02. The smallest absolute Gasteiger partial charge is 0.298 e. The van der Waals surface area contributed by atoms with Crippen molar-refractivity contribution in [1.29, 1.82) is 0 Å². The molecule has 7 nitrogen and oxygen atoms in total. The van der Waals surface area contributed by atoms with Crippen LogP contribution in [-0.4, -0.2) is 28.5 Å². The Morgan fingerprint density at radius 2 is 1.67 bits per heavy atom. The van der Waals surface area contributed by atoms with Gasteiger partial charge in [-0.25, -0.2) is 0 Å². The van der Waals surface area contributed by atoms with E-state index in [2.05, 4.69) is 4.18 Å². The summed E-state index contributed by atoms with van der Waals surface area (Å²) in [5.74, 6) is 0. The van der Waals surface area contributed by atoms with Crippen LogP contribution in [0.5, 0.6) is 0 Å². The third-order valence-corrected chi connectivity index (χ3v) is 5.13. The third-order valence-electron chi connectivity index (χ3n) is 1.94. The second-order valence-corrected chi connectivity index (χ2v) is 6.84. The first-order valence-electron chi connectivity index (χ1n) is 4.08. The summed E-state index contributed by atoms with van der Waals surface area (Å²) < 4.78 is 58.1. The standard InChI is InChI=1S/C7H7Cl2NO6S2/c1-16-18(14,15)4-2-3(17(11,12)13)5(8)6(9)7(4)10/h2H,10H2,1H3,(H,11,12,13). The lowest BCUT2D eigenvalue weighted by molar-refractivity contribution is 0.398. The van der Waals surface area contributed by atoms with Gasteiger partial charge < -0.3 is 5.73 Å². The number of rotatable bonds is 3. The molecule has 3 N–H and O–H groups in total. The molecule has 0 unspecified atom stereocenters. The highest BCUT2D eigenvalue weighted by Crippen LogP contribution is 2.38. The van der Waals surface area contributed by atoms with Crippen molar-refractivity contribution in [3.05, 3.63) is 16.1 Å². The van der Waals surface area contributed by atoms with Gasteiger partial charge in [0.2, 0.25) is 0 Å². The van der Waals surface area contributed by atoms with E-state index in [1.165, 1.54) is 0 Å². The number of halogens is 2. The lowest BCUT2D eigenvalue weighted by atomic mass is 10.3. The van der Waals surface area contributed by atoms with Gasteiger partial charge in [-0.15, -0.1) is 0 Å². The monoisotopic (exact) mass is 335 g/mol. The Morgan fingerprint density at radius 3 is 2.06 bits per heavy atom. The Balaban J connectivity index is 3.85. The van der Waals surface area contributed by atoms with E-state index >= 15 is 0 Å². The maximum atomic E-state index is 11.5. The molecular weight excluding hydrogens is 329 g/mol. The van der Waals surface area contributed by atoms with Crippen LogP contribution in [0.15, 0.2) is 15.9 Å². The zero-order valence-corrected chi connectivity index (χ0v) is 11.9. The molecule has 11 heteroatoms. The quantitative estimate of drug-likeness (QED) is 0.482. The van der Waals surface area contributed by atoms with Crippen molar-refractivity contribution < 1.29 is 25.6 Å². The molecule has 0 radical (unpaired) electrons. The minimum atomic E-state index is -4.76. The molecule has 0 amide bonds. The van der Waals surface area contributed by atoms with Gasteiger partial charge in [-0.1, -0.05) is 23.2 Å². The first-order valence-corrected chi connectivity index (χ1v) is 7.68. The highest BCUT2D eigenvalue weighted by molar-refractivity contribution is 7.87. The molecule has 0 saturated heterocycles. The molecule has 0 bridgehead atoms. The van der Waals surface area contributed by atoms with E-state index in [1.54, 1.807) is 0 Å². The van der Waals surface area contributed by atoms with Crippen LogP contribution < -0.4 is 5.73 Å². The Bertz CT molecular complexity index is 697. The lowest BCUT2D eigenvalue weighted by Gasteiger charge is -2.11. The van der Waals surface area contributed by atoms with Crippen molar-refractivity contribution in [3.8, 4) is 0 Å². The van der Waals surface area contributed by atoms with Gasteiger partial charge in [0.1, 0.15) is 9.79 Å². The fourth-order valence-corrected chi connectivity index (χ4v) is 3.33. The van der Waals surface area contributed by atoms with E-state index in [4.69, 9.17) is 33.5 Å². The van der Waals surface area contributed by atoms with Gasteiger partial charge in [0.25, 0.3) is 20.2 Å². The number of anilines is 1. The Hall–Kier alpha value is -0.580. The van der Waals surface area contributed by atoms with Gasteiger partial charge in [0.15, 0.2) is 0 Å². The zero-order chi connectivity index (χ0) is 14.3. The summed E-state index contributed by atoms with van der Waals surface area (Å²) in [6.07, 6.45) is 0. The summed E-state index contributed by atoms with van der Waals surface area (Å²) in [7, 11) is -8.20. The Morgan fingerprint density at radius 1 is 1.17 bits per heavy atom. The Kier molecular flexibility index (Phi) is 4.16. The maximum Gasteiger partial charge on any atom is 0.298 e. The van der Waals surface area contributed by atoms with Gasteiger partial charge in [-0.2, -0.15) is 16.8 Å². The van der Waals surface area contributed by atoms with Gasteiger partial charge in [0, 0.05) is 0 Å².